The van der Waals surface area contributed by atoms with Crippen molar-refractivity contribution in [1.82, 2.24) is 4.31 Å². The van der Waals surface area contributed by atoms with E-state index in [0.717, 1.165) is 9.87 Å². The molecule has 25 heavy (non-hydrogen) atoms. The van der Waals surface area contributed by atoms with Gasteiger partial charge in [-0.15, -0.1) is 0 Å². The summed E-state index contributed by atoms with van der Waals surface area (Å²) in [6.45, 7) is 1.87. The van der Waals surface area contributed by atoms with E-state index in [0.29, 0.717) is 23.4 Å². The molecule has 0 aliphatic heterocycles. The first-order valence-corrected chi connectivity index (χ1v) is 9.00. The zero-order valence-electron chi connectivity index (χ0n) is 14.3. The van der Waals surface area contributed by atoms with Gasteiger partial charge in [-0.25, -0.2) is 12.7 Å². The summed E-state index contributed by atoms with van der Waals surface area (Å²) in [5.74, 6) is -0.0780. The summed E-state index contributed by atoms with van der Waals surface area (Å²) in [6, 6.07) is 13.5. The number of benzene rings is 2. The Bertz CT molecular complexity index is 927. The summed E-state index contributed by atoms with van der Waals surface area (Å²) in [5, 5.41) is 12.3. The summed E-state index contributed by atoms with van der Waals surface area (Å²) in [5.41, 5.74) is 2.39. The van der Waals surface area contributed by atoms with Gasteiger partial charge in [0.1, 0.15) is 6.07 Å². The molecule has 0 saturated carbocycles. The van der Waals surface area contributed by atoms with Crippen LogP contribution in [0.25, 0.3) is 0 Å². The molecule has 130 valence electrons. The van der Waals surface area contributed by atoms with Gasteiger partial charge in [0.2, 0.25) is 10.0 Å². The van der Waals surface area contributed by atoms with Crippen molar-refractivity contribution in [3.8, 4) is 6.07 Å². The average Bonchev–Trinajstić information content (AvgIpc) is 2.59. The summed E-state index contributed by atoms with van der Waals surface area (Å²) in [4.78, 5) is 11.7. The molecular weight excluding hydrogens is 338 g/mol. The quantitative estimate of drug-likeness (QED) is 0.803. The minimum absolute atomic E-state index is 0.0780. The Morgan fingerprint density at radius 1 is 1.16 bits per heavy atom. The third-order valence-corrected chi connectivity index (χ3v) is 5.56. The lowest BCUT2D eigenvalue weighted by atomic mass is 10.1. The number of nitrogens with zero attached hydrogens (tertiary/aromatic N) is 2. The van der Waals surface area contributed by atoms with Gasteiger partial charge >= 0.3 is 0 Å². The van der Waals surface area contributed by atoms with Crippen LogP contribution in [0.1, 0.15) is 28.4 Å². The van der Waals surface area contributed by atoms with Gasteiger partial charge in [0.15, 0.2) is 5.78 Å². The largest absolute Gasteiger partial charge is 0.380 e. The lowest BCUT2D eigenvalue weighted by molar-refractivity contribution is 0.101. The van der Waals surface area contributed by atoms with Crippen molar-refractivity contribution in [3.05, 3.63) is 59.2 Å². The van der Waals surface area contributed by atoms with Crippen LogP contribution in [0, 0.1) is 11.3 Å². The predicted molar refractivity (Wildman–Crippen MR) is 95.8 cm³/mol. The number of nitrogens with one attached hydrogen (secondary N) is 1. The SMILES string of the molecule is CC(=O)c1ccc(C#N)c(NCc2ccc(S(=O)(=O)N(C)C)cc2)c1. The molecule has 0 aromatic heterocycles. The number of ketones is 1. The van der Waals surface area contributed by atoms with Crippen LogP contribution in [0.4, 0.5) is 5.69 Å². The first-order chi connectivity index (χ1) is 11.8. The van der Waals surface area contributed by atoms with Gasteiger partial charge in [0.05, 0.1) is 16.1 Å². The Hall–Kier alpha value is -2.69. The fourth-order valence-corrected chi connectivity index (χ4v) is 3.10. The zero-order chi connectivity index (χ0) is 18.6. The summed E-state index contributed by atoms with van der Waals surface area (Å²) in [6.07, 6.45) is 0. The fourth-order valence-electron chi connectivity index (χ4n) is 2.19. The highest BCUT2D eigenvalue weighted by Crippen LogP contribution is 2.19. The van der Waals surface area contributed by atoms with E-state index in [4.69, 9.17) is 0 Å². The van der Waals surface area contributed by atoms with Crippen molar-refractivity contribution < 1.29 is 13.2 Å². The van der Waals surface area contributed by atoms with Crippen molar-refractivity contribution in [2.24, 2.45) is 0 Å². The number of Topliss-reactive ketones (excluding diaryl/α,β-unsaturated/α-hetero) is 1. The molecule has 0 amide bonds. The Morgan fingerprint density at radius 2 is 1.80 bits per heavy atom. The minimum atomic E-state index is -3.45. The molecule has 0 bridgehead atoms. The molecule has 0 unspecified atom stereocenters. The molecule has 7 heteroatoms. The van der Waals surface area contributed by atoms with Crippen molar-refractivity contribution in [3.63, 3.8) is 0 Å². The van der Waals surface area contributed by atoms with Crippen LogP contribution < -0.4 is 5.32 Å². The third-order valence-electron chi connectivity index (χ3n) is 3.73. The smallest absolute Gasteiger partial charge is 0.242 e. The van der Waals surface area contributed by atoms with Gasteiger partial charge in [-0.3, -0.25) is 4.79 Å². The molecule has 2 rings (SSSR count). The second-order valence-corrected chi connectivity index (χ2v) is 7.87. The molecule has 0 fully saturated rings. The molecule has 0 radical (unpaired) electrons. The molecular formula is C18H19N3O3S. The average molecular weight is 357 g/mol. The lowest BCUT2D eigenvalue weighted by Gasteiger charge is -2.12. The van der Waals surface area contributed by atoms with Gasteiger partial charge in [0, 0.05) is 26.2 Å². The molecule has 0 atom stereocenters. The van der Waals surface area contributed by atoms with Gasteiger partial charge in [-0.05, 0) is 42.8 Å². The number of sulfonamides is 1. The Balaban J connectivity index is 2.18. The molecule has 0 aliphatic rings. The molecule has 0 saturated heterocycles. The molecule has 2 aromatic carbocycles. The van der Waals surface area contributed by atoms with Gasteiger partial charge in [-0.2, -0.15) is 5.26 Å². The van der Waals surface area contributed by atoms with Crippen LogP contribution in [0.3, 0.4) is 0 Å². The van der Waals surface area contributed by atoms with E-state index >= 15 is 0 Å². The normalized spacial score (nSPS) is 11.2. The Morgan fingerprint density at radius 3 is 2.32 bits per heavy atom. The molecule has 2 aromatic rings. The molecule has 6 nitrogen and oxygen atoms in total. The van der Waals surface area contributed by atoms with Crippen LogP contribution in [0.2, 0.25) is 0 Å². The van der Waals surface area contributed by atoms with Crippen LogP contribution in [-0.4, -0.2) is 32.6 Å². The van der Waals surface area contributed by atoms with Crippen LogP contribution in [0.5, 0.6) is 0 Å². The first-order valence-electron chi connectivity index (χ1n) is 7.56. The number of nitriles is 1. The number of hydrogen-bond donors (Lipinski definition) is 1. The van der Waals surface area contributed by atoms with E-state index in [1.165, 1.54) is 21.0 Å². The Labute approximate surface area is 147 Å². The summed E-state index contributed by atoms with van der Waals surface area (Å²) >= 11 is 0. The second-order valence-electron chi connectivity index (χ2n) is 5.71. The van der Waals surface area contributed by atoms with Gasteiger partial charge in [-0.1, -0.05) is 12.1 Å². The van der Waals surface area contributed by atoms with E-state index in [9.17, 15) is 18.5 Å². The van der Waals surface area contributed by atoms with E-state index in [1.807, 2.05) is 0 Å². The van der Waals surface area contributed by atoms with E-state index in [2.05, 4.69) is 11.4 Å². The monoisotopic (exact) mass is 357 g/mol. The maximum absolute atomic E-state index is 12.0. The highest BCUT2D eigenvalue weighted by molar-refractivity contribution is 7.89. The maximum Gasteiger partial charge on any atom is 0.242 e. The minimum Gasteiger partial charge on any atom is -0.380 e. The molecule has 0 heterocycles. The van der Waals surface area contributed by atoms with Crippen molar-refractivity contribution >= 4 is 21.5 Å². The topological polar surface area (TPSA) is 90.3 Å². The number of hydrogen-bond acceptors (Lipinski definition) is 5. The maximum atomic E-state index is 12.0. The molecule has 1 N–H and O–H groups in total. The molecule has 0 spiro atoms. The van der Waals surface area contributed by atoms with Crippen molar-refractivity contribution in [2.45, 2.75) is 18.4 Å². The van der Waals surface area contributed by atoms with Crippen molar-refractivity contribution in [2.75, 3.05) is 19.4 Å². The van der Waals surface area contributed by atoms with Crippen molar-refractivity contribution in [1.29, 1.82) is 5.26 Å². The summed E-state index contributed by atoms with van der Waals surface area (Å²) in [7, 11) is -0.489. The Kier molecular flexibility index (Phi) is 5.57. The van der Waals surface area contributed by atoms with Crippen LogP contribution in [0.15, 0.2) is 47.4 Å². The highest BCUT2D eigenvalue weighted by atomic mass is 32.2. The standard InChI is InChI=1S/C18H19N3O3S/c1-13(22)15-6-7-16(11-19)18(10-15)20-12-14-4-8-17(9-5-14)25(23,24)21(2)3/h4-10,20H,12H2,1-3H3. The number of rotatable bonds is 6. The third kappa shape index (κ3) is 4.24. The van der Waals surface area contributed by atoms with E-state index in [-0.39, 0.29) is 10.7 Å². The van der Waals surface area contributed by atoms with Crippen LogP contribution in [-0.2, 0) is 16.6 Å². The van der Waals surface area contributed by atoms with Gasteiger partial charge in [0.25, 0.3) is 0 Å². The fraction of sp³-hybridized carbons (Fsp3) is 0.222. The highest BCUT2D eigenvalue weighted by Gasteiger charge is 2.16. The van der Waals surface area contributed by atoms with Gasteiger partial charge < -0.3 is 5.32 Å². The summed E-state index contributed by atoms with van der Waals surface area (Å²) < 4.78 is 25.3. The number of carbonyl (C=O) groups excluding carboxylic acids is 1. The van der Waals surface area contributed by atoms with E-state index < -0.39 is 10.0 Å². The van der Waals surface area contributed by atoms with E-state index in [1.54, 1.807) is 42.5 Å². The number of anilines is 1. The predicted octanol–water partition coefficient (Wildman–Crippen LogP) is 2.62. The first kappa shape index (κ1) is 18.6. The molecule has 0 aliphatic carbocycles. The number of carbonyl (C=O) groups is 1. The lowest BCUT2D eigenvalue weighted by Crippen LogP contribution is -2.22. The van der Waals surface area contributed by atoms with Crippen LogP contribution >= 0.6 is 0 Å². The second kappa shape index (κ2) is 7.47. The zero-order valence-corrected chi connectivity index (χ0v) is 15.1.